The Kier molecular flexibility index (Phi) is 6.96. The van der Waals surface area contributed by atoms with Gasteiger partial charge in [0.25, 0.3) is 0 Å². The lowest BCUT2D eigenvalue weighted by Gasteiger charge is -2.34. The van der Waals surface area contributed by atoms with E-state index >= 15 is 0 Å². The van der Waals surface area contributed by atoms with Crippen LogP contribution in [0, 0.1) is 0 Å². The maximum Gasteiger partial charge on any atom is 0.0702 e. The monoisotopic (exact) mass is 230 g/mol. The van der Waals surface area contributed by atoms with Crippen molar-refractivity contribution in [2.45, 2.75) is 44.8 Å². The van der Waals surface area contributed by atoms with Crippen LogP contribution in [0.5, 0.6) is 0 Å². The quantitative estimate of drug-likeness (QED) is 0.672. The number of rotatable bonds is 7. The van der Waals surface area contributed by atoms with Gasteiger partial charge in [0.1, 0.15) is 0 Å². The van der Waals surface area contributed by atoms with E-state index in [1.54, 1.807) is 0 Å². The topological polar surface area (TPSA) is 58.7 Å². The molecule has 4 heteroatoms. The van der Waals surface area contributed by atoms with Crippen LogP contribution in [0.15, 0.2) is 0 Å². The Balaban J connectivity index is 2.21. The zero-order valence-corrected chi connectivity index (χ0v) is 10.4. The van der Waals surface area contributed by atoms with Crippen molar-refractivity contribution in [1.29, 1.82) is 0 Å². The van der Waals surface area contributed by atoms with E-state index in [-0.39, 0.29) is 12.6 Å². The highest BCUT2D eigenvalue weighted by atomic mass is 16.5. The van der Waals surface area contributed by atoms with Crippen LogP contribution in [0.3, 0.4) is 0 Å². The molecular formula is C12H26N2O2. The first kappa shape index (κ1) is 13.9. The van der Waals surface area contributed by atoms with Gasteiger partial charge in [0.2, 0.25) is 0 Å². The molecule has 4 nitrogen and oxygen atoms in total. The highest BCUT2D eigenvalue weighted by Crippen LogP contribution is 2.13. The van der Waals surface area contributed by atoms with Crippen molar-refractivity contribution >= 4 is 0 Å². The minimum absolute atomic E-state index is 0.0925. The molecule has 1 saturated heterocycles. The average molecular weight is 230 g/mol. The minimum atomic E-state index is 0.0925. The second-order valence-electron chi connectivity index (χ2n) is 4.67. The highest BCUT2D eigenvalue weighted by molar-refractivity contribution is 4.76. The van der Waals surface area contributed by atoms with Gasteiger partial charge < -0.3 is 15.6 Å². The summed E-state index contributed by atoms with van der Waals surface area (Å²) >= 11 is 0. The molecule has 0 amide bonds. The SMILES string of the molecule is CCCOC1CCCN(CC(N)CCO)C1. The number of nitrogens with zero attached hydrogens (tertiary/aromatic N) is 1. The van der Waals surface area contributed by atoms with E-state index in [1.807, 2.05) is 0 Å². The molecule has 0 spiro atoms. The molecule has 0 aromatic heterocycles. The maximum absolute atomic E-state index is 8.81. The summed E-state index contributed by atoms with van der Waals surface area (Å²) in [6.45, 7) is 6.18. The number of piperidine rings is 1. The third-order valence-corrected chi connectivity index (χ3v) is 3.01. The van der Waals surface area contributed by atoms with Gasteiger partial charge in [-0.2, -0.15) is 0 Å². The van der Waals surface area contributed by atoms with E-state index in [0.717, 1.165) is 32.7 Å². The number of aliphatic hydroxyl groups excluding tert-OH is 1. The van der Waals surface area contributed by atoms with Crippen LogP contribution in [0.4, 0.5) is 0 Å². The van der Waals surface area contributed by atoms with E-state index in [9.17, 15) is 0 Å². The molecule has 1 fully saturated rings. The van der Waals surface area contributed by atoms with Crippen LogP contribution in [-0.2, 0) is 4.74 Å². The number of nitrogens with two attached hydrogens (primary N) is 1. The van der Waals surface area contributed by atoms with Gasteiger partial charge in [-0.05, 0) is 32.2 Å². The summed E-state index contributed by atoms with van der Waals surface area (Å²) in [6.07, 6.45) is 4.53. The second kappa shape index (κ2) is 8.01. The molecule has 0 radical (unpaired) electrons. The summed E-state index contributed by atoms with van der Waals surface area (Å²) in [4.78, 5) is 2.37. The van der Waals surface area contributed by atoms with E-state index < -0.39 is 0 Å². The Morgan fingerprint density at radius 1 is 1.56 bits per heavy atom. The molecule has 16 heavy (non-hydrogen) atoms. The maximum atomic E-state index is 8.81. The number of ether oxygens (including phenoxy) is 1. The van der Waals surface area contributed by atoms with E-state index in [1.165, 1.54) is 12.8 Å². The molecule has 1 aliphatic heterocycles. The zero-order valence-electron chi connectivity index (χ0n) is 10.4. The number of hydrogen-bond acceptors (Lipinski definition) is 4. The summed E-state index contributed by atoms with van der Waals surface area (Å²) in [7, 11) is 0. The molecule has 0 aromatic rings. The van der Waals surface area contributed by atoms with Crippen molar-refractivity contribution < 1.29 is 9.84 Å². The molecule has 3 N–H and O–H groups in total. The van der Waals surface area contributed by atoms with E-state index in [4.69, 9.17) is 15.6 Å². The second-order valence-corrected chi connectivity index (χ2v) is 4.67. The molecule has 1 heterocycles. The summed E-state index contributed by atoms with van der Waals surface area (Å²) in [5.74, 6) is 0. The Morgan fingerprint density at radius 2 is 2.38 bits per heavy atom. The van der Waals surface area contributed by atoms with Gasteiger partial charge in [-0.1, -0.05) is 6.92 Å². The van der Waals surface area contributed by atoms with Crippen LogP contribution < -0.4 is 5.73 Å². The molecule has 0 bridgehead atoms. The lowest BCUT2D eigenvalue weighted by Crippen LogP contribution is -2.45. The Labute approximate surface area is 98.8 Å². The van der Waals surface area contributed by atoms with Crippen molar-refractivity contribution in [1.82, 2.24) is 4.90 Å². The molecule has 1 aliphatic rings. The highest BCUT2D eigenvalue weighted by Gasteiger charge is 2.21. The van der Waals surface area contributed by atoms with Gasteiger partial charge in [0.05, 0.1) is 6.10 Å². The lowest BCUT2D eigenvalue weighted by atomic mass is 10.1. The molecule has 0 saturated carbocycles. The van der Waals surface area contributed by atoms with Crippen LogP contribution in [0.1, 0.15) is 32.6 Å². The smallest absolute Gasteiger partial charge is 0.0702 e. The first-order chi connectivity index (χ1) is 7.76. The van der Waals surface area contributed by atoms with E-state index in [0.29, 0.717) is 12.5 Å². The van der Waals surface area contributed by atoms with Crippen molar-refractivity contribution in [2.75, 3.05) is 32.8 Å². The fourth-order valence-corrected chi connectivity index (χ4v) is 2.19. The fraction of sp³-hybridized carbons (Fsp3) is 1.00. The largest absolute Gasteiger partial charge is 0.396 e. The predicted octanol–water partition coefficient (Wildman–Crippen LogP) is 0.587. The van der Waals surface area contributed by atoms with E-state index in [2.05, 4.69) is 11.8 Å². The number of hydrogen-bond donors (Lipinski definition) is 2. The first-order valence-electron chi connectivity index (χ1n) is 6.46. The predicted molar refractivity (Wildman–Crippen MR) is 65.4 cm³/mol. The van der Waals surface area contributed by atoms with Crippen molar-refractivity contribution in [3.05, 3.63) is 0 Å². The minimum Gasteiger partial charge on any atom is -0.396 e. The van der Waals surface area contributed by atoms with Crippen molar-refractivity contribution in [3.63, 3.8) is 0 Å². The molecule has 2 atom stereocenters. The van der Waals surface area contributed by atoms with Gasteiger partial charge in [-0.25, -0.2) is 0 Å². The third kappa shape index (κ3) is 5.25. The molecular weight excluding hydrogens is 204 g/mol. The Morgan fingerprint density at radius 3 is 3.06 bits per heavy atom. The van der Waals surface area contributed by atoms with Gasteiger partial charge in [-0.15, -0.1) is 0 Å². The molecule has 2 unspecified atom stereocenters. The van der Waals surface area contributed by atoms with Crippen molar-refractivity contribution in [2.24, 2.45) is 5.73 Å². The van der Waals surface area contributed by atoms with Gasteiger partial charge >= 0.3 is 0 Å². The van der Waals surface area contributed by atoms with Crippen LogP contribution >= 0.6 is 0 Å². The molecule has 96 valence electrons. The Bertz CT molecular complexity index is 178. The normalized spacial score (nSPS) is 24.6. The standard InChI is InChI=1S/C12H26N2O2/c1-2-8-16-12-4-3-6-14(10-12)9-11(13)5-7-15/h11-12,15H,2-10,13H2,1H3. The first-order valence-corrected chi connectivity index (χ1v) is 6.46. The Hall–Kier alpha value is -0.160. The molecule has 0 aliphatic carbocycles. The van der Waals surface area contributed by atoms with Crippen molar-refractivity contribution in [3.8, 4) is 0 Å². The summed E-state index contributed by atoms with van der Waals surface area (Å²) < 4.78 is 5.77. The van der Waals surface area contributed by atoms with Gasteiger partial charge in [0.15, 0.2) is 0 Å². The fourth-order valence-electron chi connectivity index (χ4n) is 2.19. The summed E-state index contributed by atoms with van der Waals surface area (Å²) in [5.41, 5.74) is 5.92. The van der Waals surface area contributed by atoms with Crippen LogP contribution in [0.2, 0.25) is 0 Å². The van der Waals surface area contributed by atoms with Crippen LogP contribution in [0.25, 0.3) is 0 Å². The number of aliphatic hydroxyl groups is 1. The van der Waals surface area contributed by atoms with Crippen LogP contribution in [-0.4, -0.2) is 55.0 Å². The summed E-state index contributed by atoms with van der Waals surface area (Å²) in [6, 6.07) is 0.0925. The number of likely N-dealkylation sites (tertiary alicyclic amines) is 1. The third-order valence-electron chi connectivity index (χ3n) is 3.01. The zero-order chi connectivity index (χ0) is 11.8. The summed E-state index contributed by atoms with van der Waals surface area (Å²) in [5, 5.41) is 8.81. The molecule has 0 aromatic carbocycles. The van der Waals surface area contributed by atoms with Gasteiger partial charge in [0, 0.05) is 32.3 Å². The van der Waals surface area contributed by atoms with Gasteiger partial charge in [-0.3, -0.25) is 4.90 Å². The average Bonchev–Trinajstić information content (AvgIpc) is 2.27. The lowest BCUT2D eigenvalue weighted by molar-refractivity contribution is -0.00178. The molecule has 1 rings (SSSR count).